The summed E-state index contributed by atoms with van der Waals surface area (Å²) >= 11 is 0. The van der Waals surface area contributed by atoms with Gasteiger partial charge in [0.2, 0.25) is 5.91 Å². The standard InChI is InChI=1S/C28H37N5O/c1-22-18-25(30-33(22)26-8-6-5-7-9-26)19-29-27(34)21-32-16-14-31(15-17-32)20-23-10-12-24(13-11-23)28(2,3)4/h5-13,18H,14-17,19-21H2,1-4H3,(H,29,34). The molecule has 2 aromatic carbocycles. The molecule has 0 radical (unpaired) electrons. The summed E-state index contributed by atoms with van der Waals surface area (Å²) in [7, 11) is 0. The van der Waals surface area contributed by atoms with Gasteiger partial charge >= 0.3 is 0 Å². The summed E-state index contributed by atoms with van der Waals surface area (Å²) in [4.78, 5) is 17.2. The molecular formula is C28H37N5O. The predicted molar refractivity (Wildman–Crippen MR) is 137 cm³/mol. The molecule has 6 heteroatoms. The Labute approximate surface area is 203 Å². The zero-order valence-electron chi connectivity index (χ0n) is 20.9. The average molecular weight is 460 g/mol. The van der Waals surface area contributed by atoms with E-state index in [2.05, 4.69) is 65.3 Å². The molecule has 1 saturated heterocycles. The maximum Gasteiger partial charge on any atom is 0.234 e. The van der Waals surface area contributed by atoms with Crippen LogP contribution in [0.25, 0.3) is 5.69 Å². The number of aromatic nitrogens is 2. The summed E-state index contributed by atoms with van der Waals surface area (Å²) in [5, 5.41) is 7.69. The zero-order chi connectivity index (χ0) is 24.1. The van der Waals surface area contributed by atoms with Crippen LogP contribution in [0.2, 0.25) is 0 Å². The zero-order valence-corrected chi connectivity index (χ0v) is 20.9. The van der Waals surface area contributed by atoms with E-state index in [9.17, 15) is 4.79 Å². The van der Waals surface area contributed by atoms with Crippen LogP contribution < -0.4 is 5.32 Å². The van der Waals surface area contributed by atoms with Crippen molar-refractivity contribution < 1.29 is 4.79 Å². The lowest BCUT2D eigenvalue weighted by atomic mass is 9.87. The van der Waals surface area contributed by atoms with Crippen LogP contribution in [0.3, 0.4) is 0 Å². The Morgan fingerprint density at radius 1 is 0.941 bits per heavy atom. The SMILES string of the molecule is Cc1cc(CNC(=O)CN2CCN(Cc3ccc(C(C)(C)C)cc3)CC2)nn1-c1ccccc1. The summed E-state index contributed by atoms with van der Waals surface area (Å²) in [6.07, 6.45) is 0. The molecule has 2 heterocycles. The Kier molecular flexibility index (Phi) is 7.49. The summed E-state index contributed by atoms with van der Waals surface area (Å²) in [5.41, 5.74) is 5.86. The number of nitrogens with zero attached hydrogens (tertiary/aromatic N) is 4. The number of carbonyl (C=O) groups is 1. The van der Waals surface area contributed by atoms with E-state index >= 15 is 0 Å². The molecule has 1 aromatic heterocycles. The first-order valence-electron chi connectivity index (χ1n) is 12.2. The molecule has 1 fully saturated rings. The molecule has 0 aliphatic carbocycles. The van der Waals surface area contributed by atoms with Gasteiger partial charge in [-0.2, -0.15) is 5.10 Å². The van der Waals surface area contributed by atoms with Crippen LogP contribution in [0.15, 0.2) is 60.7 Å². The third-order valence-electron chi connectivity index (χ3n) is 6.46. The van der Waals surface area contributed by atoms with Crippen molar-refractivity contribution in [1.29, 1.82) is 0 Å². The highest BCUT2D eigenvalue weighted by Gasteiger charge is 2.20. The van der Waals surface area contributed by atoms with E-state index in [-0.39, 0.29) is 11.3 Å². The number of carbonyl (C=O) groups excluding carboxylic acids is 1. The van der Waals surface area contributed by atoms with Gasteiger partial charge in [0.1, 0.15) is 0 Å². The molecule has 1 amide bonds. The molecule has 3 aromatic rings. The quantitative estimate of drug-likeness (QED) is 0.582. The van der Waals surface area contributed by atoms with Gasteiger partial charge in [-0.15, -0.1) is 0 Å². The van der Waals surface area contributed by atoms with E-state index in [0.717, 1.165) is 49.8 Å². The Hall–Kier alpha value is -2.96. The van der Waals surface area contributed by atoms with Crippen molar-refractivity contribution in [1.82, 2.24) is 24.9 Å². The predicted octanol–water partition coefficient (Wildman–Crippen LogP) is 3.91. The average Bonchev–Trinajstić information content (AvgIpc) is 3.20. The highest BCUT2D eigenvalue weighted by molar-refractivity contribution is 5.78. The minimum Gasteiger partial charge on any atom is -0.349 e. The second kappa shape index (κ2) is 10.5. The van der Waals surface area contributed by atoms with E-state index in [0.29, 0.717) is 13.1 Å². The van der Waals surface area contributed by atoms with Crippen LogP contribution in [-0.4, -0.2) is 58.2 Å². The van der Waals surface area contributed by atoms with Crippen molar-refractivity contribution in [3.63, 3.8) is 0 Å². The molecule has 180 valence electrons. The smallest absolute Gasteiger partial charge is 0.234 e. The highest BCUT2D eigenvalue weighted by Crippen LogP contribution is 2.22. The molecule has 0 bridgehead atoms. The van der Waals surface area contributed by atoms with Crippen LogP contribution in [-0.2, 0) is 23.3 Å². The van der Waals surface area contributed by atoms with Gasteiger partial charge in [-0.1, -0.05) is 63.2 Å². The third-order valence-corrected chi connectivity index (χ3v) is 6.46. The Morgan fingerprint density at radius 3 is 2.24 bits per heavy atom. The first-order chi connectivity index (χ1) is 16.3. The van der Waals surface area contributed by atoms with E-state index in [1.54, 1.807) is 0 Å². The fraction of sp³-hybridized carbons (Fsp3) is 0.429. The van der Waals surface area contributed by atoms with E-state index < -0.39 is 0 Å². The Bertz CT molecular complexity index is 1070. The molecule has 0 spiro atoms. The number of nitrogens with one attached hydrogen (secondary N) is 1. The summed E-state index contributed by atoms with van der Waals surface area (Å²) in [6.45, 7) is 14.4. The number of hydrogen-bond acceptors (Lipinski definition) is 4. The van der Waals surface area contributed by atoms with Gasteiger partial charge < -0.3 is 5.32 Å². The normalized spacial score (nSPS) is 15.4. The summed E-state index contributed by atoms with van der Waals surface area (Å²) in [6, 6.07) is 21.1. The molecule has 0 unspecified atom stereocenters. The molecule has 1 aliphatic rings. The third kappa shape index (κ3) is 6.33. The number of hydrogen-bond donors (Lipinski definition) is 1. The lowest BCUT2D eigenvalue weighted by Crippen LogP contribution is -2.49. The van der Waals surface area contributed by atoms with Gasteiger partial charge in [0.15, 0.2) is 0 Å². The molecule has 1 aliphatic heterocycles. The van der Waals surface area contributed by atoms with Crippen molar-refractivity contribution in [3.8, 4) is 5.69 Å². The topological polar surface area (TPSA) is 53.4 Å². The second-order valence-corrected chi connectivity index (χ2v) is 10.3. The van der Waals surface area contributed by atoms with Gasteiger partial charge in [0.05, 0.1) is 24.5 Å². The summed E-state index contributed by atoms with van der Waals surface area (Å²) in [5.74, 6) is 0.0538. The highest BCUT2D eigenvalue weighted by atomic mass is 16.2. The van der Waals surface area contributed by atoms with Gasteiger partial charge in [0.25, 0.3) is 0 Å². The Balaban J connectivity index is 1.20. The van der Waals surface area contributed by atoms with Crippen molar-refractivity contribution in [3.05, 3.63) is 83.2 Å². The van der Waals surface area contributed by atoms with Gasteiger partial charge in [-0.05, 0) is 41.7 Å². The maximum absolute atomic E-state index is 12.5. The molecule has 0 saturated carbocycles. The number of piperazine rings is 1. The van der Waals surface area contributed by atoms with Gasteiger partial charge in [-0.3, -0.25) is 14.6 Å². The van der Waals surface area contributed by atoms with E-state index in [1.165, 1.54) is 11.1 Å². The minimum absolute atomic E-state index is 0.0538. The lowest BCUT2D eigenvalue weighted by molar-refractivity contribution is -0.122. The maximum atomic E-state index is 12.5. The molecule has 4 rings (SSSR count). The first kappa shape index (κ1) is 24.2. The van der Waals surface area contributed by atoms with Crippen molar-refractivity contribution >= 4 is 5.91 Å². The summed E-state index contributed by atoms with van der Waals surface area (Å²) < 4.78 is 1.91. The van der Waals surface area contributed by atoms with Crippen LogP contribution in [0, 0.1) is 6.92 Å². The van der Waals surface area contributed by atoms with Crippen LogP contribution in [0.1, 0.15) is 43.3 Å². The van der Waals surface area contributed by atoms with Crippen molar-refractivity contribution in [2.75, 3.05) is 32.7 Å². The number of aryl methyl sites for hydroxylation is 1. The molecule has 34 heavy (non-hydrogen) atoms. The minimum atomic E-state index is 0.0538. The molecule has 1 N–H and O–H groups in total. The number of amides is 1. The fourth-order valence-electron chi connectivity index (χ4n) is 4.38. The van der Waals surface area contributed by atoms with Crippen molar-refractivity contribution in [2.45, 2.75) is 46.2 Å². The van der Waals surface area contributed by atoms with Crippen LogP contribution in [0.5, 0.6) is 0 Å². The van der Waals surface area contributed by atoms with Crippen LogP contribution >= 0.6 is 0 Å². The van der Waals surface area contributed by atoms with E-state index in [4.69, 9.17) is 0 Å². The van der Waals surface area contributed by atoms with Gasteiger partial charge in [0, 0.05) is 38.4 Å². The van der Waals surface area contributed by atoms with Crippen LogP contribution in [0.4, 0.5) is 0 Å². The fourth-order valence-corrected chi connectivity index (χ4v) is 4.38. The first-order valence-corrected chi connectivity index (χ1v) is 12.2. The van der Waals surface area contributed by atoms with Gasteiger partial charge in [-0.25, -0.2) is 4.68 Å². The van der Waals surface area contributed by atoms with Crippen molar-refractivity contribution in [2.24, 2.45) is 0 Å². The molecule has 6 nitrogen and oxygen atoms in total. The second-order valence-electron chi connectivity index (χ2n) is 10.3. The molecular weight excluding hydrogens is 422 g/mol. The molecule has 0 atom stereocenters. The number of benzene rings is 2. The monoisotopic (exact) mass is 459 g/mol. The lowest BCUT2D eigenvalue weighted by Gasteiger charge is -2.34. The Morgan fingerprint density at radius 2 is 1.59 bits per heavy atom. The van der Waals surface area contributed by atoms with E-state index in [1.807, 2.05) is 48.0 Å². The number of para-hydroxylation sites is 1. The largest absolute Gasteiger partial charge is 0.349 e. The number of rotatable bonds is 7.